The zero-order valence-electron chi connectivity index (χ0n) is 13.7. The first-order valence-corrected chi connectivity index (χ1v) is 8.17. The molecule has 4 heteroatoms. The van der Waals surface area contributed by atoms with Crippen LogP contribution < -0.4 is 5.32 Å². The molecule has 2 heterocycles. The summed E-state index contributed by atoms with van der Waals surface area (Å²) in [5, 5.41) is 3.05. The predicted molar refractivity (Wildman–Crippen MR) is 92.5 cm³/mol. The number of hydrogen-bond acceptors (Lipinski definition) is 3. The molecule has 1 aromatic carbocycles. The highest BCUT2D eigenvalue weighted by Crippen LogP contribution is 2.29. The van der Waals surface area contributed by atoms with Crippen LogP contribution in [0, 0.1) is 13.1 Å². The first kappa shape index (κ1) is 15.5. The molecule has 1 aliphatic heterocycles. The van der Waals surface area contributed by atoms with E-state index in [1.165, 1.54) is 6.42 Å². The van der Waals surface area contributed by atoms with Crippen LogP contribution in [-0.2, 0) is 0 Å². The second-order valence-corrected chi connectivity index (χ2v) is 5.92. The summed E-state index contributed by atoms with van der Waals surface area (Å²) in [6.07, 6.45) is 6.46. The number of pyridine rings is 1. The molecule has 23 heavy (non-hydrogen) atoms. The Morgan fingerprint density at radius 2 is 1.87 bits per heavy atom. The van der Waals surface area contributed by atoms with Crippen molar-refractivity contribution < 1.29 is 4.79 Å². The molecule has 0 bridgehead atoms. The Morgan fingerprint density at radius 1 is 1.17 bits per heavy atom. The first-order chi connectivity index (χ1) is 11.2. The molecule has 1 N–H and O–H groups in total. The molecule has 119 valence electrons. The minimum atomic E-state index is 0.0743. The van der Waals surface area contributed by atoms with Crippen molar-refractivity contribution in [1.82, 2.24) is 9.88 Å². The van der Waals surface area contributed by atoms with Crippen LogP contribution in [0.2, 0.25) is 0 Å². The van der Waals surface area contributed by atoms with Gasteiger partial charge in [-0.2, -0.15) is 0 Å². The van der Waals surface area contributed by atoms with E-state index in [-0.39, 0.29) is 5.91 Å². The summed E-state index contributed by atoms with van der Waals surface area (Å²) in [6, 6.07) is 10.00. The van der Waals surface area contributed by atoms with Gasteiger partial charge in [-0.05, 0) is 37.3 Å². The molecule has 0 saturated carbocycles. The maximum Gasteiger partial charge on any atom is 0.257 e. The quantitative estimate of drug-likeness (QED) is 0.943. The second kappa shape index (κ2) is 6.82. The van der Waals surface area contributed by atoms with Crippen LogP contribution in [-0.4, -0.2) is 35.9 Å². The molecule has 1 fully saturated rings. The van der Waals surface area contributed by atoms with Gasteiger partial charge in [0.05, 0.1) is 11.8 Å². The Morgan fingerprint density at radius 3 is 2.52 bits per heavy atom. The van der Waals surface area contributed by atoms with E-state index in [1.54, 1.807) is 7.05 Å². The lowest BCUT2D eigenvalue weighted by Gasteiger charge is -2.28. The van der Waals surface area contributed by atoms with Crippen molar-refractivity contribution in [3.05, 3.63) is 47.7 Å². The molecule has 0 unspecified atom stereocenters. The number of aromatic nitrogens is 1. The van der Waals surface area contributed by atoms with Gasteiger partial charge in [-0.15, -0.1) is 0 Å². The summed E-state index contributed by atoms with van der Waals surface area (Å²) >= 11 is 0. The zero-order valence-corrected chi connectivity index (χ0v) is 13.7. The van der Waals surface area contributed by atoms with Crippen LogP contribution in [0.5, 0.6) is 0 Å². The number of likely N-dealkylation sites (tertiary alicyclic amines) is 1. The van der Waals surface area contributed by atoms with Crippen LogP contribution in [0.1, 0.15) is 35.2 Å². The summed E-state index contributed by atoms with van der Waals surface area (Å²) in [7, 11) is 1.80. The number of anilines is 1. The molecule has 3 rings (SSSR count). The van der Waals surface area contributed by atoms with E-state index in [0.717, 1.165) is 42.6 Å². The Bertz CT molecular complexity index is 691. The van der Waals surface area contributed by atoms with E-state index in [0.29, 0.717) is 11.4 Å². The largest absolute Gasteiger partial charge is 0.372 e. The van der Waals surface area contributed by atoms with Gasteiger partial charge in [-0.3, -0.25) is 4.79 Å². The highest BCUT2D eigenvalue weighted by Gasteiger charge is 2.24. The van der Waals surface area contributed by atoms with Crippen molar-refractivity contribution in [2.45, 2.75) is 26.2 Å². The van der Waals surface area contributed by atoms with Gasteiger partial charge in [0.2, 0.25) is 0 Å². The molecule has 1 amide bonds. The average Bonchev–Trinajstić information content (AvgIpc) is 2.62. The number of rotatable bonds is 3. The van der Waals surface area contributed by atoms with E-state index >= 15 is 0 Å². The first-order valence-electron chi connectivity index (χ1n) is 8.17. The van der Waals surface area contributed by atoms with Gasteiger partial charge in [0.15, 0.2) is 0 Å². The maximum atomic E-state index is 13.0. The van der Waals surface area contributed by atoms with Crippen molar-refractivity contribution in [2.24, 2.45) is 0 Å². The molecule has 1 aromatic heterocycles. The minimum absolute atomic E-state index is 0.0743. The number of benzene rings is 1. The lowest BCUT2D eigenvalue weighted by Crippen LogP contribution is -2.36. The molecular formula is C19H22N3O. The number of amides is 1. The minimum Gasteiger partial charge on any atom is -0.372 e. The Kier molecular flexibility index (Phi) is 4.60. The molecular weight excluding hydrogens is 286 g/mol. The van der Waals surface area contributed by atoms with Crippen molar-refractivity contribution in [1.29, 1.82) is 0 Å². The summed E-state index contributed by atoms with van der Waals surface area (Å²) < 4.78 is 0. The van der Waals surface area contributed by atoms with E-state index in [1.807, 2.05) is 42.2 Å². The van der Waals surface area contributed by atoms with Gasteiger partial charge in [-0.1, -0.05) is 30.3 Å². The van der Waals surface area contributed by atoms with Gasteiger partial charge in [-0.25, -0.2) is 4.98 Å². The van der Waals surface area contributed by atoms with E-state index in [2.05, 4.69) is 16.5 Å². The Labute approximate surface area is 137 Å². The summed E-state index contributed by atoms with van der Waals surface area (Å²) in [5.41, 5.74) is 3.54. The number of nitrogens with zero attached hydrogens (tertiary/aromatic N) is 2. The summed E-state index contributed by atoms with van der Waals surface area (Å²) in [4.78, 5) is 19.3. The van der Waals surface area contributed by atoms with Crippen molar-refractivity contribution >= 4 is 11.7 Å². The number of carbonyl (C=O) groups excluding carboxylic acids is 1. The van der Waals surface area contributed by atoms with E-state index < -0.39 is 0 Å². The Balaban J connectivity index is 2.05. The third kappa shape index (κ3) is 3.07. The molecule has 0 aliphatic carbocycles. The van der Waals surface area contributed by atoms with Crippen molar-refractivity contribution in [3.8, 4) is 11.1 Å². The summed E-state index contributed by atoms with van der Waals surface area (Å²) in [5.74, 6) is 0.683. The van der Waals surface area contributed by atoms with Gasteiger partial charge < -0.3 is 10.2 Å². The average molecular weight is 308 g/mol. The fourth-order valence-corrected chi connectivity index (χ4v) is 3.14. The fraction of sp³-hybridized carbons (Fsp3) is 0.368. The van der Waals surface area contributed by atoms with Crippen LogP contribution in [0.25, 0.3) is 11.1 Å². The maximum absolute atomic E-state index is 13.0. The van der Waals surface area contributed by atoms with Gasteiger partial charge in [0.25, 0.3) is 5.91 Å². The second-order valence-electron chi connectivity index (χ2n) is 5.92. The molecule has 2 aromatic rings. The predicted octanol–water partition coefficient (Wildman–Crippen LogP) is 3.53. The highest BCUT2D eigenvalue weighted by molar-refractivity contribution is 6.01. The van der Waals surface area contributed by atoms with Gasteiger partial charge in [0.1, 0.15) is 5.82 Å². The van der Waals surface area contributed by atoms with Crippen LogP contribution in [0.3, 0.4) is 0 Å². The topological polar surface area (TPSA) is 45.2 Å². The van der Waals surface area contributed by atoms with Crippen molar-refractivity contribution in [2.75, 3.05) is 25.5 Å². The lowest BCUT2D eigenvalue weighted by molar-refractivity contribution is 0.0724. The fourth-order valence-electron chi connectivity index (χ4n) is 3.14. The van der Waals surface area contributed by atoms with Crippen LogP contribution in [0.15, 0.2) is 30.3 Å². The van der Waals surface area contributed by atoms with Crippen LogP contribution >= 0.6 is 0 Å². The smallest absolute Gasteiger partial charge is 0.257 e. The monoisotopic (exact) mass is 308 g/mol. The van der Waals surface area contributed by atoms with E-state index in [4.69, 9.17) is 0 Å². The standard InChI is InChI=1S/C19H22N3O/c1-14-16(15-9-5-3-6-10-15)13-21-18(20-2)17(14)19(23)22-11-7-4-8-12-22/h3,5-6,9-10H,4,7-8,11-12H2,1-2H3,(H,20,21). The highest BCUT2D eigenvalue weighted by atomic mass is 16.2. The molecule has 1 aliphatic rings. The number of piperidine rings is 1. The number of hydrogen-bond donors (Lipinski definition) is 1. The lowest BCUT2D eigenvalue weighted by atomic mass is 9.97. The SMILES string of the molecule is CNc1n[c]c(-c2ccccc2)c(C)c1C(=O)N1CCCCC1. The van der Waals surface area contributed by atoms with Crippen molar-refractivity contribution in [3.63, 3.8) is 0 Å². The third-order valence-corrected chi connectivity index (χ3v) is 4.42. The number of nitrogens with one attached hydrogen (secondary N) is 1. The normalized spacial score (nSPS) is 14.6. The molecule has 1 saturated heterocycles. The van der Waals surface area contributed by atoms with Gasteiger partial charge in [0, 0.05) is 25.7 Å². The van der Waals surface area contributed by atoms with Crippen LogP contribution in [0.4, 0.5) is 5.82 Å². The molecule has 0 spiro atoms. The molecule has 4 nitrogen and oxygen atoms in total. The molecule has 1 radical (unpaired) electrons. The van der Waals surface area contributed by atoms with E-state index in [9.17, 15) is 4.79 Å². The Hall–Kier alpha value is -2.36. The number of carbonyl (C=O) groups is 1. The molecule has 0 atom stereocenters. The van der Waals surface area contributed by atoms with Gasteiger partial charge >= 0.3 is 0 Å². The third-order valence-electron chi connectivity index (χ3n) is 4.42. The summed E-state index contributed by atoms with van der Waals surface area (Å²) in [6.45, 7) is 3.65. The zero-order chi connectivity index (χ0) is 16.2.